The topological polar surface area (TPSA) is 90.2 Å². The Balaban J connectivity index is 0.000000182. The molecule has 0 radical (unpaired) electrons. The van der Waals surface area contributed by atoms with Crippen LogP contribution in [0.25, 0.3) is 6.08 Å². The largest absolute Gasteiger partial charge is 0.497 e. The average Bonchev–Trinajstić information content (AvgIpc) is 3.49. The minimum Gasteiger partial charge on any atom is -0.497 e. The third kappa shape index (κ3) is 13.8. The first-order valence-corrected chi connectivity index (χ1v) is 24.3. The van der Waals surface area contributed by atoms with Crippen molar-refractivity contribution >= 4 is 6.08 Å². The molecule has 0 bridgehead atoms. The predicted octanol–water partition coefficient (Wildman–Crippen LogP) is 12.5. The van der Waals surface area contributed by atoms with Crippen LogP contribution < -0.4 is 4.74 Å². The zero-order chi connectivity index (χ0) is 52.7. The molecule has 4 N–H and O–H groups in total. The Bertz CT molecular complexity index is 2870. The number of hydrogen-bond acceptors (Lipinski definition) is 5. The molecule has 0 saturated carbocycles. The van der Waals surface area contributed by atoms with Gasteiger partial charge in [0.05, 0.1) is 7.11 Å². The maximum atomic E-state index is 11.5. The number of benzene rings is 9. The van der Waals surface area contributed by atoms with Crippen molar-refractivity contribution in [3.8, 4) is 53.1 Å². The quantitative estimate of drug-likeness (QED) is 0.103. The van der Waals surface area contributed by atoms with Crippen molar-refractivity contribution in [2.45, 2.75) is 29.3 Å². The molecule has 0 spiro atoms. The van der Waals surface area contributed by atoms with Gasteiger partial charge in [0.15, 0.2) is 22.4 Å². The normalized spacial score (nSPS) is 10.9. The lowest BCUT2D eigenvalue weighted by Gasteiger charge is -2.23. The summed E-state index contributed by atoms with van der Waals surface area (Å²) in [5.41, 5.74) is 0.362. The number of hydrogen-bond donors (Lipinski definition) is 4. The highest BCUT2D eigenvalue weighted by molar-refractivity contribution is 5.53. The van der Waals surface area contributed by atoms with E-state index in [0.29, 0.717) is 44.5 Å². The molecule has 366 valence electrons. The highest BCUT2D eigenvalue weighted by atomic mass is 16.5. The third-order valence-electron chi connectivity index (χ3n) is 12.1. The summed E-state index contributed by atoms with van der Waals surface area (Å²) in [6, 6.07) is 82.2. The second-order valence-corrected chi connectivity index (χ2v) is 17.0. The summed E-state index contributed by atoms with van der Waals surface area (Å²) >= 11 is 0. The molecule has 0 aliphatic carbocycles. The van der Waals surface area contributed by atoms with Crippen molar-refractivity contribution in [2.75, 3.05) is 7.11 Å². The minimum atomic E-state index is -1.52. The SMILES string of the molecule is C/C=C/c1ccc(OC)cc1.OC(C#CC#CC(O)(c1ccccc1)c1ccccc1)(c1ccccc1)c1ccccc1.OC(C#CC#CC(O)(c1ccccc1)c1ccccc1)(c1ccccc1)c1ccccc1. The number of rotatable bonds is 10. The van der Waals surface area contributed by atoms with E-state index in [-0.39, 0.29) is 0 Å². The lowest BCUT2D eigenvalue weighted by molar-refractivity contribution is 0.144. The molecule has 75 heavy (non-hydrogen) atoms. The van der Waals surface area contributed by atoms with Gasteiger partial charge >= 0.3 is 0 Å². The molecule has 0 aliphatic heterocycles. The molecule has 9 aromatic carbocycles. The van der Waals surface area contributed by atoms with Crippen molar-refractivity contribution in [3.63, 3.8) is 0 Å². The predicted molar refractivity (Wildman–Crippen MR) is 302 cm³/mol. The summed E-state index contributed by atoms with van der Waals surface area (Å²) in [6.45, 7) is 2.00. The maximum Gasteiger partial charge on any atom is 0.177 e. The van der Waals surface area contributed by atoms with Gasteiger partial charge in [-0.25, -0.2) is 0 Å². The molecular formula is C70H56O5. The van der Waals surface area contributed by atoms with Gasteiger partial charge in [0.25, 0.3) is 0 Å². The maximum absolute atomic E-state index is 11.5. The van der Waals surface area contributed by atoms with Crippen molar-refractivity contribution in [2.24, 2.45) is 0 Å². The Morgan fingerprint density at radius 3 is 0.640 bits per heavy atom. The highest BCUT2D eigenvalue weighted by Gasteiger charge is 2.32. The van der Waals surface area contributed by atoms with Crippen LogP contribution in [0.1, 0.15) is 57.0 Å². The number of methoxy groups -OCH3 is 1. The summed E-state index contributed by atoms with van der Waals surface area (Å²) in [6.07, 6.45) is 4.07. The van der Waals surface area contributed by atoms with Gasteiger partial charge in [-0.3, -0.25) is 0 Å². The van der Waals surface area contributed by atoms with E-state index in [0.717, 1.165) is 5.75 Å². The fraction of sp³-hybridized carbons (Fsp3) is 0.0857. The van der Waals surface area contributed by atoms with Crippen molar-refractivity contribution in [3.05, 3.63) is 323 Å². The second-order valence-electron chi connectivity index (χ2n) is 17.0. The second kappa shape index (κ2) is 26.3. The van der Waals surface area contributed by atoms with Crippen LogP contribution in [0, 0.1) is 47.4 Å². The Morgan fingerprint density at radius 2 is 0.480 bits per heavy atom. The monoisotopic (exact) mass is 976 g/mol. The van der Waals surface area contributed by atoms with Gasteiger partial charge in [0.1, 0.15) is 5.75 Å². The Morgan fingerprint density at radius 1 is 0.293 bits per heavy atom. The number of ether oxygens (including phenoxy) is 1. The van der Waals surface area contributed by atoms with Gasteiger partial charge < -0.3 is 25.2 Å². The molecule has 5 heteroatoms. The highest BCUT2D eigenvalue weighted by Crippen LogP contribution is 2.32. The zero-order valence-corrected chi connectivity index (χ0v) is 41.8. The molecule has 0 heterocycles. The summed E-state index contributed by atoms with van der Waals surface area (Å²) in [7, 11) is 1.67. The van der Waals surface area contributed by atoms with E-state index in [4.69, 9.17) is 4.74 Å². The standard InChI is InChI=1S/2C30H22O2.C10H12O/c2*31-29(25-15-5-1-6-16-25,26-17-7-2-8-18-26)23-13-14-24-30(32,27-19-9-3-10-20-27)28-21-11-4-12-22-28;1-3-4-9-5-7-10(11-2)8-6-9/h2*1-12,15-22,31-32H;3-8H,1-2H3/b;;4-3+. The number of allylic oxidation sites excluding steroid dienone is 1. The van der Waals surface area contributed by atoms with Gasteiger partial charge in [-0.1, -0.05) is 267 Å². The van der Waals surface area contributed by atoms with E-state index in [1.165, 1.54) is 5.56 Å². The van der Waals surface area contributed by atoms with Crippen LogP contribution >= 0.6 is 0 Å². The molecule has 0 aliphatic rings. The molecule has 9 aromatic rings. The third-order valence-corrected chi connectivity index (χ3v) is 12.1. The van der Waals surface area contributed by atoms with Gasteiger partial charge in [-0.05, 0) is 72.0 Å². The first-order valence-electron chi connectivity index (χ1n) is 24.3. The molecule has 0 atom stereocenters. The minimum absolute atomic E-state index is 0.655. The van der Waals surface area contributed by atoms with Gasteiger partial charge in [-0.15, -0.1) is 0 Å². The van der Waals surface area contributed by atoms with Crippen LogP contribution in [0.15, 0.2) is 273 Å². The van der Waals surface area contributed by atoms with Crippen LogP contribution in [0.2, 0.25) is 0 Å². The first kappa shape index (κ1) is 53.4. The Hall–Kier alpha value is -9.40. The smallest absolute Gasteiger partial charge is 0.177 e. The molecule has 0 unspecified atom stereocenters. The molecular weight excluding hydrogens is 921 g/mol. The van der Waals surface area contributed by atoms with E-state index >= 15 is 0 Å². The molecule has 5 nitrogen and oxygen atoms in total. The van der Waals surface area contributed by atoms with Crippen LogP contribution in [-0.4, -0.2) is 27.5 Å². The molecule has 0 aromatic heterocycles. The van der Waals surface area contributed by atoms with Crippen molar-refractivity contribution in [1.29, 1.82) is 0 Å². The first-order chi connectivity index (χ1) is 36.6. The van der Waals surface area contributed by atoms with Crippen molar-refractivity contribution in [1.82, 2.24) is 0 Å². The fourth-order valence-electron chi connectivity index (χ4n) is 8.07. The van der Waals surface area contributed by atoms with Crippen LogP contribution in [-0.2, 0) is 22.4 Å². The van der Waals surface area contributed by atoms with Gasteiger partial charge in [0, 0.05) is 44.5 Å². The summed E-state index contributed by atoms with van der Waals surface area (Å²) in [5.74, 6) is 23.8. The zero-order valence-electron chi connectivity index (χ0n) is 41.8. The van der Waals surface area contributed by atoms with E-state index in [1.807, 2.05) is 280 Å². The summed E-state index contributed by atoms with van der Waals surface area (Å²) < 4.78 is 5.02. The molecule has 9 rings (SSSR count). The van der Waals surface area contributed by atoms with E-state index < -0.39 is 22.4 Å². The Labute approximate surface area is 441 Å². The molecule has 0 fully saturated rings. The van der Waals surface area contributed by atoms with E-state index in [9.17, 15) is 20.4 Å². The van der Waals surface area contributed by atoms with Crippen molar-refractivity contribution < 1.29 is 25.2 Å². The lowest BCUT2D eigenvalue weighted by atomic mass is 9.86. The summed E-state index contributed by atoms with van der Waals surface area (Å²) in [4.78, 5) is 0. The summed E-state index contributed by atoms with van der Waals surface area (Å²) in [5, 5.41) is 46.1. The molecule has 0 amide bonds. The lowest BCUT2D eigenvalue weighted by Crippen LogP contribution is -2.25. The van der Waals surface area contributed by atoms with E-state index in [2.05, 4.69) is 53.4 Å². The van der Waals surface area contributed by atoms with Gasteiger partial charge in [0.2, 0.25) is 0 Å². The van der Waals surface area contributed by atoms with Crippen LogP contribution in [0.3, 0.4) is 0 Å². The fourth-order valence-corrected chi connectivity index (χ4v) is 8.07. The molecule has 0 saturated heterocycles. The number of aliphatic hydroxyl groups is 4. The van der Waals surface area contributed by atoms with Gasteiger partial charge in [-0.2, -0.15) is 0 Å². The Kier molecular flexibility index (Phi) is 18.8. The van der Waals surface area contributed by atoms with Crippen LogP contribution in [0.5, 0.6) is 5.75 Å². The average molecular weight is 977 g/mol. The van der Waals surface area contributed by atoms with Crippen LogP contribution in [0.4, 0.5) is 0 Å². The van der Waals surface area contributed by atoms with E-state index in [1.54, 1.807) is 7.11 Å².